The van der Waals surface area contributed by atoms with Crippen molar-refractivity contribution in [3.05, 3.63) is 83.9 Å². The van der Waals surface area contributed by atoms with E-state index in [-0.39, 0.29) is 5.76 Å². The number of pyridine rings is 1. The standard InChI is InChI=1S/C29H25N5O5/c1-16-22(33-28(37)38-17(2)18-6-4-3-5-7-18)26(39-34-16)25-24-23(31-15-32-24)21(14-30-25)19-8-10-20(11-9-19)29(12-13-29)27(35)36/h3-11,14-15,17H,12-13H2,1-2H3,(H,31,32)(H,33,37)(H,35,36). The van der Waals surface area contributed by atoms with Crippen molar-refractivity contribution in [3.63, 3.8) is 0 Å². The summed E-state index contributed by atoms with van der Waals surface area (Å²) < 4.78 is 11.1. The minimum absolute atomic E-state index is 0.257. The lowest BCUT2D eigenvalue weighted by molar-refractivity contribution is -0.140. The number of aromatic nitrogens is 4. The first-order valence-electron chi connectivity index (χ1n) is 12.5. The highest BCUT2D eigenvalue weighted by atomic mass is 16.6. The molecular weight excluding hydrogens is 498 g/mol. The van der Waals surface area contributed by atoms with Crippen molar-refractivity contribution in [2.75, 3.05) is 5.32 Å². The van der Waals surface area contributed by atoms with Crippen molar-refractivity contribution in [3.8, 4) is 22.6 Å². The summed E-state index contributed by atoms with van der Waals surface area (Å²) in [7, 11) is 0. The van der Waals surface area contributed by atoms with Gasteiger partial charge >= 0.3 is 12.1 Å². The summed E-state index contributed by atoms with van der Waals surface area (Å²) in [5, 5.41) is 16.4. The molecule has 10 heteroatoms. The van der Waals surface area contributed by atoms with Crippen molar-refractivity contribution in [1.29, 1.82) is 0 Å². The predicted octanol–water partition coefficient (Wildman–Crippen LogP) is 6.01. The molecule has 1 aliphatic rings. The second kappa shape index (κ2) is 9.39. The molecule has 0 bridgehead atoms. The number of hydrogen-bond donors (Lipinski definition) is 3. The highest BCUT2D eigenvalue weighted by Crippen LogP contribution is 2.48. The number of carboxylic acids is 1. The normalized spacial score (nSPS) is 14.6. The summed E-state index contributed by atoms with van der Waals surface area (Å²) in [6, 6.07) is 16.9. The van der Waals surface area contributed by atoms with Crippen LogP contribution in [0.1, 0.15) is 42.7 Å². The molecule has 0 radical (unpaired) electrons. The first-order chi connectivity index (χ1) is 18.9. The number of nitrogens with one attached hydrogen (secondary N) is 2. The molecule has 6 rings (SSSR count). The van der Waals surface area contributed by atoms with Gasteiger partial charge in [0.1, 0.15) is 28.7 Å². The van der Waals surface area contributed by atoms with E-state index in [1.807, 2.05) is 54.6 Å². The number of carbonyl (C=O) groups is 2. The average molecular weight is 524 g/mol. The second-order valence-electron chi connectivity index (χ2n) is 9.67. The molecule has 2 aromatic carbocycles. The minimum Gasteiger partial charge on any atom is -0.481 e. The molecule has 1 amide bonds. The lowest BCUT2D eigenvalue weighted by atomic mass is 9.94. The summed E-state index contributed by atoms with van der Waals surface area (Å²) in [5.41, 5.74) is 5.01. The van der Waals surface area contributed by atoms with Gasteiger partial charge in [0.15, 0.2) is 0 Å². The fourth-order valence-corrected chi connectivity index (χ4v) is 4.80. The highest BCUT2D eigenvalue weighted by Gasteiger charge is 2.51. The number of aryl methyl sites for hydroxylation is 1. The van der Waals surface area contributed by atoms with Crippen molar-refractivity contribution in [1.82, 2.24) is 20.1 Å². The first-order valence-corrected chi connectivity index (χ1v) is 12.5. The Labute approximate surface area is 223 Å². The Hall–Kier alpha value is -4.99. The number of carbonyl (C=O) groups excluding carboxylic acids is 1. The number of nitrogens with zero attached hydrogens (tertiary/aromatic N) is 3. The Kier molecular flexibility index (Phi) is 5.86. The van der Waals surface area contributed by atoms with Gasteiger partial charge in [0.05, 0.1) is 17.3 Å². The molecular formula is C29H25N5O5. The third-order valence-electron chi connectivity index (χ3n) is 7.22. The summed E-state index contributed by atoms with van der Waals surface area (Å²) >= 11 is 0. The number of aliphatic carboxylic acids is 1. The lowest BCUT2D eigenvalue weighted by Crippen LogP contribution is -2.19. The van der Waals surface area contributed by atoms with E-state index in [9.17, 15) is 14.7 Å². The minimum atomic E-state index is -0.789. The van der Waals surface area contributed by atoms with Crippen LogP contribution in [0.15, 0.2) is 71.6 Å². The van der Waals surface area contributed by atoms with E-state index in [0.29, 0.717) is 41.0 Å². The number of rotatable bonds is 7. The van der Waals surface area contributed by atoms with Crippen LogP contribution >= 0.6 is 0 Å². The topological polar surface area (TPSA) is 143 Å². The largest absolute Gasteiger partial charge is 0.481 e. The van der Waals surface area contributed by atoms with Gasteiger partial charge in [0, 0.05) is 11.8 Å². The van der Waals surface area contributed by atoms with Crippen molar-refractivity contribution in [2.24, 2.45) is 0 Å². The molecule has 3 N–H and O–H groups in total. The van der Waals surface area contributed by atoms with Crippen LogP contribution in [0.2, 0.25) is 0 Å². The van der Waals surface area contributed by atoms with Crippen LogP contribution in [0.25, 0.3) is 33.6 Å². The predicted molar refractivity (Wildman–Crippen MR) is 143 cm³/mol. The Morgan fingerprint density at radius 2 is 1.85 bits per heavy atom. The van der Waals surface area contributed by atoms with Gasteiger partial charge in [0.2, 0.25) is 5.76 Å². The smallest absolute Gasteiger partial charge is 0.412 e. The maximum atomic E-state index is 12.7. The second-order valence-corrected chi connectivity index (χ2v) is 9.67. The van der Waals surface area contributed by atoms with E-state index >= 15 is 0 Å². The number of hydrogen-bond acceptors (Lipinski definition) is 7. The molecule has 0 aliphatic heterocycles. The van der Waals surface area contributed by atoms with Gasteiger partial charge in [-0.3, -0.25) is 10.1 Å². The Balaban J connectivity index is 1.29. The van der Waals surface area contributed by atoms with E-state index in [4.69, 9.17) is 9.26 Å². The van der Waals surface area contributed by atoms with Crippen molar-refractivity contribution >= 4 is 28.8 Å². The molecule has 1 fully saturated rings. The zero-order valence-corrected chi connectivity index (χ0v) is 21.3. The molecule has 3 heterocycles. The quantitative estimate of drug-likeness (QED) is 0.235. The van der Waals surface area contributed by atoms with Crippen LogP contribution in [0.4, 0.5) is 10.5 Å². The molecule has 196 valence electrons. The molecule has 5 aromatic rings. The van der Waals surface area contributed by atoms with E-state index < -0.39 is 23.6 Å². The first kappa shape index (κ1) is 24.4. The number of ether oxygens (including phenoxy) is 1. The number of anilines is 1. The molecule has 10 nitrogen and oxygen atoms in total. The number of aromatic amines is 1. The van der Waals surface area contributed by atoms with Gasteiger partial charge in [-0.2, -0.15) is 0 Å². The summed E-state index contributed by atoms with van der Waals surface area (Å²) in [6.45, 7) is 3.51. The third kappa shape index (κ3) is 4.29. The molecule has 1 aliphatic carbocycles. The molecule has 1 saturated carbocycles. The van der Waals surface area contributed by atoms with Gasteiger partial charge in [-0.15, -0.1) is 0 Å². The monoisotopic (exact) mass is 523 g/mol. The zero-order valence-electron chi connectivity index (χ0n) is 21.3. The summed E-state index contributed by atoms with van der Waals surface area (Å²) in [5.74, 6) is -0.532. The molecule has 1 atom stereocenters. The van der Waals surface area contributed by atoms with E-state index in [2.05, 4.69) is 25.4 Å². The summed E-state index contributed by atoms with van der Waals surface area (Å²) in [4.78, 5) is 36.7. The fourth-order valence-electron chi connectivity index (χ4n) is 4.80. The van der Waals surface area contributed by atoms with Gasteiger partial charge in [-0.1, -0.05) is 59.8 Å². The van der Waals surface area contributed by atoms with Crippen LogP contribution in [-0.4, -0.2) is 37.3 Å². The SMILES string of the molecule is Cc1noc(-c2ncc(-c3ccc(C4(C(=O)O)CC4)cc3)c3[nH]cnc23)c1NC(=O)OC(C)c1ccccc1. The lowest BCUT2D eigenvalue weighted by Gasteiger charge is -2.14. The maximum absolute atomic E-state index is 12.7. The Morgan fingerprint density at radius 1 is 1.10 bits per heavy atom. The molecule has 1 unspecified atom stereocenters. The Bertz CT molecular complexity index is 1690. The highest BCUT2D eigenvalue weighted by molar-refractivity contribution is 6.01. The number of fused-ring (bicyclic) bond motifs is 1. The van der Waals surface area contributed by atoms with E-state index in [0.717, 1.165) is 22.3 Å². The van der Waals surface area contributed by atoms with Gasteiger partial charge < -0.3 is 19.4 Å². The number of benzene rings is 2. The zero-order chi connectivity index (χ0) is 27.1. The van der Waals surface area contributed by atoms with Gasteiger partial charge in [0.25, 0.3) is 0 Å². The maximum Gasteiger partial charge on any atom is 0.412 e. The van der Waals surface area contributed by atoms with E-state index in [1.54, 1.807) is 26.4 Å². The number of amides is 1. The van der Waals surface area contributed by atoms with Crippen LogP contribution in [0.3, 0.4) is 0 Å². The van der Waals surface area contributed by atoms with E-state index in [1.165, 1.54) is 0 Å². The molecule has 0 saturated heterocycles. The number of H-pyrrole nitrogens is 1. The Morgan fingerprint density at radius 3 is 2.54 bits per heavy atom. The summed E-state index contributed by atoms with van der Waals surface area (Å²) in [6.07, 6.45) is 3.43. The van der Waals surface area contributed by atoms with Gasteiger partial charge in [-0.25, -0.2) is 14.8 Å². The number of carboxylic acid groups (broad SMARTS) is 1. The molecule has 39 heavy (non-hydrogen) atoms. The fraction of sp³-hybridized carbons (Fsp3) is 0.207. The van der Waals surface area contributed by atoms with Crippen molar-refractivity contribution in [2.45, 2.75) is 38.2 Å². The third-order valence-corrected chi connectivity index (χ3v) is 7.22. The van der Waals surface area contributed by atoms with Crippen LogP contribution in [0.5, 0.6) is 0 Å². The van der Waals surface area contributed by atoms with Crippen LogP contribution < -0.4 is 5.32 Å². The average Bonchev–Trinajstić information content (AvgIpc) is 3.49. The number of imidazole rings is 1. The van der Waals surface area contributed by atoms with Crippen LogP contribution in [-0.2, 0) is 14.9 Å². The van der Waals surface area contributed by atoms with Crippen molar-refractivity contribution < 1.29 is 24.0 Å². The molecule has 3 aromatic heterocycles. The van der Waals surface area contributed by atoms with Crippen LogP contribution in [0, 0.1) is 6.92 Å². The van der Waals surface area contributed by atoms with Gasteiger partial charge in [-0.05, 0) is 43.4 Å². The molecule has 0 spiro atoms.